The smallest absolute Gasteiger partial charge is 0.259 e. The number of carbonyl (C=O) groups is 1. The van der Waals surface area contributed by atoms with E-state index in [1.54, 1.807) is 17.9 Å². The lowest BCUT2D eigenvalue weighted by Crippen LogP contribution is -2.25. The lowest BCUT2D eigenvalue weighted by atomic mass is 10.3. The topological polar surface area (TPSA) is 80.5 Å². The van der Waals surface area contributed by atoms with E-state index in [0.717, 1.165) is 11.4 Å². The summed E-state index contributed by atoms with van der Waals surface area (Å²) in [7, 11) is 1.59. The third kappa shape index (κ3) is 4.69. The molecule has 1 heterocycles. The molecule has 3 rings (SSSR count). The van der Waals surface area contributed by atoms with Crippen LogP contribution in [-0.4, -0.2) is 35.6 Å². The number of aromatic nitrogens is 2. The molecule has 0 radical (unpaired) electrons. The Balaban J connectivity index is 1.60. The van der Waals surface area contributed by atoms with Crippen LogP contribution in [0.4, 0.5) is 5.69 Å². The third-order valence-electron chi connectivity index (χ3n) is 3.95. The van der Waals surface area contributed by atoms with Crippen LogP contribution in [0.2, 0.25) is 5.15 Å². The SMILES string of the molecule is COc1cccc(NCC(=O)N/N=C\c2c(C)nn(-c3ccccc3)c2Cl)c1. The number of para-hydroxylation sites is 1. The lowest BCUT2D eigenvalue weighted by Gasteiger charge is -2.06. The summed E-state index contributed by atoms with van der Waals surface area (Å²) in [6.45, 7) is 1.90. The van der Waals surface area contributed by atoms with Gasteiger partial charge in [0, 0.05) is 11.8 Å². The Morgan fingerprint density at radius 2 is 2.04 bits per heavy atom. The minimum absolute atomic E-state index is 0.0699. The Labute approximate surface area is 168 Å². The molecule has 0 saturated carbocycles. The van der Waals surface area contributed by atoms with Crippen molar-refractivity contribution in [3.8, 4) is 11.4 Å². The number of nitrogens with zero attached hydrogens (tertiary/aromatic N) is 3. The van der Waals surface area contributed by atoms with E-state index in [0.29, 0.717) is 22.2 Å². The average molecular weight is 398 g/mol. The molecule has 0 atom stereocenters. The molecule has 28 heavy (non-hydrogen) atoms. The molecule has 0 aliphatic carbocycles. The zero-order valence-corrected chi connectivity index (χ0v) is 16.3. The van der Waals surface area contributed by atoms with Crippen molar-refractivity contribution < 1.29 is 9.53 Å². The van der Waals surface area contributed by atoms with Crippen LogP contribution in [0.3, 0.4) is 0 Å². The van der Waals surface area contributed by atoms with Gasteiger partial charge in [-0.15, -0.1) is 0 Å². The second-order valence-electron chi connectivity index (χ2n) is 5.92. The second kappa shape index (κ2) is 9.05. The summed E-state index contributed by atoms with van der Waals surface area (Å²) in [4.78, 5) is 12.0. The Bertz CT molecular complexity index is 986. The normalized spacial score (nSPS) is 10.8. The summed E-state index contributed by atoms with van der Waals surface area (Å²) in [5.74, 6) is 0.423. The van der Waals surface area contributed by atoms with Gasteiger partial charge in [0.15, 0.2) is 0 Å². The van der Waals surface area contributed by atoms with E-state index in [-0.39, 0.29) is 12.5 Å². The van der Waals surface area contributed by atoms with Gasteiger partial charge in [0.25, 0.3) is 5.91 Å². The number of aryl methyl sites for hydroxylation is 1. The molecule has 0 bridgehead atoms. The summed E-state index contributed by atoms with van der Waals surface area (Å²) in [6.07, 6.45) is 1.49. The predicted octanol–water partition coefficient (Wildman–Crippen LogP) is 3.40. The van der Waals surface area contributed by atoms with Crippen molar-refractivity contribution in [2.75, 3.05) is 19.0 Å². The number of hydrogen-bond donors (Lipinski definition) is 2. The van der Waals surface area contributed by atoms with Crippen molar-refractivity contribution in [1.29, 1.82) is 0 Å². The monoisotopic (exact) mass is 397 g/mol. The van der Waals surface area contributed by atoms with Crippen LogP contribution >= 0.6 is 11.6 Å². The fraction of sp³-hybridized carbons (Fsp3) is 0.150. The van der Waals surface area contributed by atoms with E-state index >= 15 is 0 Å². The largest absolute Gasteiger partial charge is 0.497 e. The van der Waals surface area contributed by atoms with Crippen LogP contribution < -0.4 is 15.5 Å². The van der Waals surface area contributed by atoms with E-state index in [9.17, 15) is 4.79 Å². The number of methoxy groups -OCH3 is 1. The summed E-state index contributed by atoms with van der Waals surface area (Å²) in [5.41, 5.74) is 5.46. The lowest BCUT2D eigenvalue weighted by molar-refractivity contribution is -0.119. The van der Waals surface area contributed by atoms with Crippen LogP contribution in [0.5, 0.6) is 5.75 Å². The number of nitrogens with one attached hydrogen (secondary N) is 2. The van der Waals surface area contributed by atoms with Crippen molar-refractivity contribution in [1.82, 2.24) is 15.2 Å². The van der Waals surface area contributed by atoms with Gasteiger partial charge in [0.2, 0.25) is 0 Å². The summed E-state index contributed by atoms with van der Waals surface area (Å²) in [5, 5.41) is 11.9. The molecule has 0 aliphatic rings. The van der Waals surface area contributed by atoms with Gasteiger partial charge >= 0.3 is 0 Å². The zero-order valence-electron chi connectivity index (χ0n) is 15.5. The van der Waals surface area contributed by atoms with Crippen LogP contribution in [0.1, 0.15) is 11.3 Å². The highest BCUT2D eigenvalue weighted by Gasteiger charge is 2.13. The molecule has 0 fully saturated rings. The quantitative estimate of drug-likeness (QED) is 0.473. The molecule has 2 N–H and O–H groups in total. The fourth-order valence-electron chi connectivity index (χ4n) is 2.52. The number of anilines is 1. The van der Waals surface area contributed by atoms with Gasteiger partial charge in [0.05, 0.1) is 36.8 Å². The Morgan fingerprint density at radius 1 is 1.25 bits per heavy atom. The number of hydrazone groups is 1. The van der Waals surface area contributed by atoms with Crippen LogP contribution in [0.25, 0.3) is 5.69 Å². The van der Waals surface area contributed by atoms with Gasteiger partial charge in [-0.1, -0.05) is 35.9 Å². The number of hydrogen-bond acceptors (Lipinski definition) is 5. The average Bonchev–Trinajstić information content (AvgIpc) is 3.01. The van der Waals surface area contributed by atoms with Gasteiger partial charge in [-0.2, -0.15) is 10.2 Å². The highest BCUT2D eigenvalue weighted by Crippen LogP contribution is 2.21. The fourth-order valence-corrected chi connectivity index (χ4v) is 2.84. The van der Waals surface area contributed by atoms with Crippen molar-refractivity contribution in [3.63, 3.8) is 0 Å². The van der Waals surface area contributed by atoms with E-state index in [1.165, 1.54) is 6.21 Å². The first-order chi connectivity index (χ1) is 13.6. The first-order valence-electron chi connectivity index (χ1n) is 8.59. The highest BCUT2D eigenvalue weighted by atomic mass is 35.5. The number of halogens is 1. The molecule has 144 valence electrons. The Hall–Kier alpha value is -3.32. The Morgan fingerprint density at radius 3 is 2.79 bits per heavy atom. The first-order valence-corrected chi connectivity index (χ1v) is 8.96. The molecule has 8 heteroatoms. The number of carbonyl (C=O) groups excluding carboxylic acids is 1. The first kappa shape index (κ1) is 19.4. The van der Waals surface area contributed by atoms with Crippen molar-refractivity contribution in [3.05, 3.63) is 71.0 Å². The maximum absolute atomic E-state index is 12.0. The maximum Gasteiger partial charge on any atom is 0.259 e. The molecule has 1 aromatic heterocycles. The summed E-state index contributed by atoms with van der Waals surface area (Å²) < 4.78 is 6.78. The van der Waals surface area contributed by atoms with E-state index in [2.05, 4.69) is 20.9 Å². The molecule has 0 saturated heterocycles. The zero-order chi connectivity index (χ0) is 19.9. The summed E-state index contributed by atoms with van der Waals surface area (Å²) >= 11 is 6.42. The number of rotatable bonds is 7. The number of amides is 1. The standard InChI is InChI=1S/C20H20ClN5O2/c1-14-18(20(21)26(25-14)16-8-4-3-5-9-16)12-23-24-19(27)13-22-15-7-6-10-17(11-15)28-2/h3-12,22H,13H2,1-2H3,(H,24,27)/b23-12-. The predicted molar refractivity (Wildman–Crippen MR) is 111 cm³/mol. The molecule has 7 nitrogen and oxygen atoms in total. The molecular weight excluding hydrogens is 378 g/mol. The molecule has 2 aromatic carbocycles. The van der Waals surface area contributed by atoms with Crippen molar-refractivity contribution in [2.45, 2.75) is 6.92 Å². The summed E-state index contributed by atoms with van der Waals surface area (Å²) in [6, 6.07) is 16.9. The van der Waals surface area contributed by atoms with E-state index in [1.807, 2.05) is 55.5 Å². The molecular formula is C20H20ClN5O2. The minimum atomic E-state index is -0.289. The van der Waals surface area contributed by atoms with E-state index in [4.69, 9.17) is 16.3 Å². The third-order valence-corrected chi connectivity index (χ3v) is 4.32. The maximum atomic E-state index is 12.0. The van der Waals surface area contributed by atoms with Gasteiger partial charge < -0.3 is 10.1 Å². The van der Waals surface area contributed by atoms with Gasteiger partial charge in [-0.3, -0.25) is 4.79 Å². The van der Waals surface area contributed by atoms with Crippen LogP contribution in [0, 0.1) is 6.92 Å². The van der Waals surface area contributed by atoms with Crippen molar-refractivity contribution in [2.24, 2.45) is 5.10 Å². The molecule has 1 amide bonds. The highest BCUT2D eigenvalue weighted by molar-refractivity contribution is 6.32. The van der Waals surface area contributed by atoms with Gasteiger partial charge in [0.1, 0.15) is 10.9 Å². The number of benzene rings is 2. The number of ether oxygens (including phenoxy) is 1. The molecule has 0 aliphatic heterocycles. The van der Waals surface area contributed by atoms with Gasteiger partial charge in [-0.05, 0) is 31.2 Å². The van der Waals surface area contributed by atoms with Crippen LogP contribution in [0.15, 0.2) is 59.7 Å². The van der Waals surface area contributed by atoms with Gasteiger partial charge in [-0.25, -0.2) is 10.1 Å². The Kier molecular flexibility index (Phi) is 6.29. The molecule has 0 spiro atoms. The van der Waals surface area contributed by atoms with Crippen LogP contribution in [-0.2, 0) is 4.79 Å². The molecule has 0 unspecified atom stereocenters. The van der Waals surface area contributed by atoms with E-state index < -0.39 is 0 Å². The molecule has 3 aromatic rings. The van der Waals surface area contributed by atoms with Crippen molar-refractivity contribution >= 4 is 29.4 Å². The minimum Gasteiger partial charge on any atom is -0.497 e. The second-order valence-corrected chi connectivity index (χ2v) is 6.27.